The van der Waals surface area contributed by atoms with Crippen molar-refractivity contribution in [3.63, 3.8) is 0 Å². The number of fused-ring (bicyclic) bond motifs is 3. The molecule has 3 aliphatic rings. The van der Waals surface area contributed by atoms with Gasteiger partial charge >= 0.3 is 0 Å². The third-order valence-electron chi connectivity index (χ3n) is 6.28. The average molecular weight is 369 g/mol. The van der Waals surface area contributed by atoms with Crippen molar-refractivity contribution in [1.82, 2.24) is 0 Å². The van der Waals surface area contributed by atoms with Gasteiger partial charge in [0.1, 0.15) is 5.78 Å². The number of hydrogen-bond acceptors (Lipinski definition) is 3. The summed E-state index contributed by atoms with van der Waals surface area (Å²) in [5.74, 6) is -0.341. The van der Waals surface area contributed by atoms with Crippen LogP contribution < -0.4 is 0 Å². The lowest BCUT2D eigenvalue weighted by Gasteiger charge is -2.40. The molecule has 0 N–H and O–H groups in total. The molecule has 140 valence electrons. The van der Waals surface area contributed by atoms with E-state index in [1.165, 1.54) is 5.56 Å². The van der Waals surface area contributed by atoms with Gasteiger partial charge in [0.15, 0.2) is 5.78 Å². The van der Waals surface area contributed by atoms with Crippen molar-refractivity contribution in [3.05, 3.63) is 76.4 Å². The molecule has 0 aromatic heterocycles. The SMILES string of the molecule is Cc1ccc([C@@H]2C3=C(N=C4CC(C)(C)CC(=O)C42)c2ccccc2C3=O)cc1. The highest BCUT2D eigenvalue weighted by Gasteiger charge is 2.49. The van der Waals surface area contributed by atoms with Crippen LogP contribution in [0, 0.1) is 18.3 Å². The van der Waals surface area contributed by atoms with Crippen LogP contribution in [0.2, 0.25) is 0 Å². The van der Waals surface area contributed by atoms with Gasteiger partial charge in [-0.05, 0) is 24.3 Å². The molecule has 0 amide bonds. The minimum Gasteiger partial charge on any atom is -0.299 e. The quantitative estimate of drug-likeness (QED) is 0.698. The molecule has 1 fully saturated rings. The van der Waals surface area contributed by atoms with Gasteiger partial charge in [0.25, 0.3) is 0 Å². The maximum absolute atomic E-state index is 13.4. The number of hydrogen-bond donors (Lipinski definition) is 0. The highest BCUT2D eigenvalue weighted by molar-refractivity contribution is 6.25. The number of nitrogens with zero attached hydrogens (tertiary/aromatic N) is 1. The molecular formula is C25H23NO2. The first-order chi connectivity index (χ1) is 13.4. The van der Waals surface area contributed by atoms with E-state index in [1.54, 1.807) is 0 Å². The summed E-state index contributed by atoms with van der Waals surface area (Å²) in [5.41, 5.74) is 6.14. The average Bonchev–Trinajstić information content (AvgIpc) is 2.93. The summed E-state index contributed by atoms with van der Waals surface area (Å²) in [5, 5.41) is 0. The number of Topliss-reactive ketones (excluding diaryl/α,β-unsaturated/α-hetero) is 2. The van der Waals surface area contributed by atoms with Crippen molar-refractivity contribution in [1.29, 1.82) is 0 Å². The van der Waals surface area contributed by atoms with Gasteiger partial charge in [-0.3, -0.25) is 14.6 Å². The van der Waals surface area contributed by atoms with Gasteiger partial charge in [-0.25, -0.2) is 0 Å². The van der Waals surface area contributed by atoms with Crippen molar-refractivity contribution in [3.8, 4) is 0 Å². The fourth-order valence-electron chi connectivity index (χ4n) is 5.06. The van der Waals surface area contributed by atoms with E-state index in [9.17, 15) is 9.59 Å². The Morgan fingerprint density at radius 2 is 1.57 bits per heavy atom. The van der Waals surface area contributed by atoms with Crippen LogP contribution in [0.15, 0.2) is 59.1 Å². The molecule has 0 radical (unpaired) electrons. The van der Waals surface area contributed by atoms with E-state index in [0.717, 1.165) is 29.0 Å². The number of aliphatic imine (C=N–C) groups is 1. The van der Waals surface area contributed by atoms with Gasteiger partial charge in [0, 0.05) is 34.8 Å². The third kappa shape index (κ3) is 2.46. The zero-order chi connectivity index (χ0) is 19.6. The zero-order valence-electron chi connectivity index (χ0n) is 16.5. The molecule has 0 saturated heterocycles. The molecule has 2 aliphatic carbocycles. The van der Waals surface area contributed by atoms with Crippen LogP contribution in [-0.2, 0) is 4.79 Å². The summed E-state index contributed by atoms with van der Waals surface area (Å²) in [6, 6.07) is 15.9. The minimum absolute atomic E-state index is 0.0246. The van der Waals surface area contributed by atoms with E-state index >= 15 is 0 Å². The van der Waals surface area contributed by atoms with E-state index in [2.05, 4.69) is 38.1 Å². The van der Waals surface area contributed by atoms with E-state index in [-0.39, 0.29) is 28.8 Å². The summed E-state index contributed by atoms with van der Waals surface area (Å²) >= 11 is 0. The lowest BCUT2D eigenvalue weighted by molar-refractivity contribution is -0.124. The van der Waals surface area contributed by atoms with Crippen molar-refractivity contribution in [2.24, 2.45) is 16.3 Å². The largest absolute Gasteiger partial charge is 0.299 e. The summed E-state index contributed by atoms with van der Waals surface area (Å²) in [6.07, 6.45) is 1.32. The Hall–Kier alpha value is -2.81. The van der Waals surface area contributed by atoms with Gasteiger partial charge in [0.05, 0.1) is 11.6 Å². The van der Waals surface area contributed by atoms with Gasteiger partial charge in [-0.2, -0.15) is 0 Å². The molecule has 0 bridgehead atoms. The zero-order valence-corrected chi connectivity index (χ0v) is 16.5. The smallest absolute Gasteiger partial charge is 0.192 e. The van der Waals surface area contributed by atoms with E-state index in [1.807, 2.05) is 31.2 Å². The van der Waals surface area contributed by atoms with Crippen molar-refractivity contribution in [2.75, 3.05) is 0 Å². The Bertz CT molecular complexity index is 1090. The summed E-state index contributed by atoms with van der Waals surface area (Å²) in [6.45, 7) is 6.30. The molecule has 0 spiro atoms. The second-order valence-corrected chi connectivity index (χ2v) is 9.09. The van der Waals surface area contributed by atoms with Gasteiger partial charge in [-0.15, -0.1) is 0 Å². The Morgan fingerprint density at radius 1 is 0.893 bits per heavy atom. The maximum atomic E-state index is 13.4. The van der Waals surface area contributed by atoms with Gasteiger partial charge < -0.3 is 0 Å². The molecule has 3 heteroatoms. The van der Waals surface area contributed by atoms with Gasteiger partial charge in [-0.1, -0.05) is 67.9 Å². The lowest BCUT2D eigenvalue weighted by Crippen LogP contribution is -2.43. The fraction of sp³-hybridized carbons (Fsp3) is 0.320. The van der Waals surface area contributed by atoms with Crippen LogP contribution in [-0.4, -0.2) is 17.3 Å². The molecular weight excluding hydrogens is 346 g/mol. The Balaban J connectivity index is 1.75. The molecule has 1 heterocycles. The second-order valence-electron chi connectivity index (χ2n) is 9.09. The number of carbonyl (C=O) groups excluding carboxylic acids is 2. The first-order valence-corrected chi connectivity index (χ1v) is 9.91. The number of ketones is 2. The van der Waals surface area contributed by atoms with E-state index in [4.69, 9.17) is 4.99 Å². The molecule has 28 heavy (non-hydrogen) atoms. The molecule has 2 aromatic carbocycles. The van der Waals surface area contributed by atoms with E-state index < -0.39 is 0 Å². The number of aryl methyl sites for hydroxylation is 1. The molecule has 2 atom stereocenters. The first kappa shape index (κ1) is 17.3. The summed E-state index contributed by atoms with van der Waals surface area (Å²) in [4.78, 5) is 31.6. The number of allylic oxidation sites excluding steroid dienone is 1. The fourth-order valence-corrected chi connectivity index (χ4v) is 5.06. The topological polar surface area (TPSA) is 46.5 Å². The van der Waals surface area contributed by atoms with Crippen LogP contribution in [0.1, 0.15) is 59.7 Å². The van der Waals surface area contributed by atoms with E-state index in [0.29, 0.717) is 17.6 Å². The molecule has 1 unspecified atom stereocenters. The number of rotatable bonds is 1. The van der Waals surface area contributed by atoms with Crippen molar-refractivity contribution >= 4 is 23.0 Å². The van der Waals surface area contributed by atoms with Crippen LogP contribution >= 0.6 is 0 Å². The summed E-state index contributed by atoms with van der Waals surface area (Å²) < 4.78 is 0. The third-order valence-corrected chi connectivity index (χ3v) is 6.28. The maximum Gasteiger partial charge on any atom is 0.192 e. The monoisotopic (exact) mass is 369 g/mol. The van der Waals surface area contributed by atoms with Crippen LogP contribution in [0.5, 0.6) is 0 Å². The number of carbonyl (C=O) groups is 2. The van der Waals surface area contributed by atoms with Crippen molar-refractivity contribution in [2.45, 2.75) is 39.5 Å². The molecule has 2 aromatic rings. The van der Waals surface area contributed by atoms with Crippen LogP contribution in [0.3, 0.4) is 0 Å². The van der Waals surface area contributed by atoms with Crippen LogP contribution in [0.25, 0.3) is 5.70 Å². The Kier molecular flexibility index (Phi) is 3.61. The molecule has 5 rings (SSSR count). The summed E-state index contributed by atoms with van der Waals surface area (Å²) in [7, 11) is 0. The Morgan fingerprint density at radius 3 is 2.29 bits per heavy atom. The minimum atomic E-state index is -0.326. The normalized spacial score (nSPS) is 25.2. The molecule has 1 aliphatic heterocycles. The standard InChI is InChI=1S/C25H23NO2/c1-14-8-10-15(11-9-14)20-21-18(12-25(2,3)13-19(21)27)26-23-16-6-4-5-7-17(16)24(28)22(20)23/h4-11,20-21H,12-13H2,1-3H3/t20-,21?/m0/s1. The highest BCUT2D eigenvalue weighted by atomic mass is 16.1. The highest BCUT2D eigenvalue weighted by Crippen LogP contribution is 2.51. The Labute approximate surface area is 165 Å². The lowest BCUT2D eigenvalue weighted by atomic mass is 9.63. The van der Waals surface area contributed by atoms with Crippen molar-refractivity contribution < 1.29 is 9.59 Å². The predicted octanol–water partition coefficient (Wildman–Crippen LogP) is 5.15. The molecule has 3 nitrogen and oxygen atoms in total. The van der Waals surface area contributed by atoms with Gasteiger partial charge in [0.2, 0.25) is 0 Å². The van der Waals surface area contributed by atoms with Crippen LogP contribution in [0.4, 0.5) is 0 Å². The predicted molar refractivity (Wildman–Crippen MR) is 111 cm³/mol. The first-order valence-electron chi connectivity index (χ1n) is 9.91. The number of benzene rings is 2. The molecule has 1 saturated carbocycles. The second kappa shape index (κ2) is 5.84.